The van der Waals surface area contributed by atoms with E-state index in [0.717, 1.165) is 12.1 Å². The predicted molar refractivity (Wildman–Crippen MR) is 74.9 cm³/mol. The van der Waals surface area contributed by atoms with Crippen LogP contribution in [0.1, 0.15) is 36.0 Å². The number of benzene rings is 1. The van der Waals surface area contributed by atoms with Crippen LogP contribution in [-0.2, 0) is 4.79 Å². The Morgan fingerprint density at radius 1 is 1.14 bits per heavy atom. The van der Waals surface area contributed by atoms with Gasteiger partial charge in [-0.1, -0.05) is 15.9 Å². The number of hydrogen-bond donors (Lipinski definition) is 2. The third kappa shape index (κ3) is 3.78. The van der Waals surface area contributed by atoms with Crippen LogP contribution in [0.15, 0.2) is 16.6 Å². The SMILES string of the molecule is O=C(NC1CCC(C(=O)O)CC1)c1c(F)cc(Br)cc1F. The molecule has 0 aromatic heterocycles. The maximum atomic E-state index is 13.7. The van der Waals surface area contributed by atoms with Crippen molar-refractivity contribution in [3.63, 3.8) is 0 Å². The largest absolute Gasteiger partial charge is 0.481 e. The summed E-state index contributed by atoms with van der Waals surface area (Å²) in [6.07, 6.45) is 1.88. The van der Waals surface area contributed by atoms with Crippen LogP contribution in [0.3, 0.4) is 0 Å². The number of rotatable bonds is 3. The van der Waals surface area contributed by atoms with Gasteiger partial charge in [-0.05, 0) is 37.8 Å². The summed E-state index contributed by atoms with van der Waals surface area (Å²) in [6, 6.07) is 1.80. The van der Waals surface area contributed by atoms with Crippen LogP contribution in [0, 0.1) is 17.6 Å². The molecule has 1 saturated carbocycles. The van der Waals surface area contributed by atoms with Crippen molar-refractivity contribution in [1.29, 1.82) is 0 Å². The highest BCUT2D eigenvalue weighted by atomic mass is 79.9. The number of carbonyl (C=O) groups excluding carboxylic acids is 1. The van der Waals surface area contributed by atoms with E-state index in [2.05, 4.69) is 21.2 Å². The second-order valence-electron chi connectivity index (χ2n) is 5.10. The average molecular weight is 362 g/mol. The molecule has 0 heterocycles. The summed E-state index contributed by atoms with van der Waals surface area (Å²) in [6.45, 7) is 0. The van der Waals surface area contributed by atoms with Gasteiger partial charge in [-0.15, -0.1) is 0 Å². The van der Waals surface area contributed by atoms with Crippen molar-refractivity contribution in [2.45, 2.75) is 31.7 Å². The van der Waals surface area contributed by atoms with E-state index in [-0.39, 0.29) is 10.5 Å². The van der Waals surface area contributed by atoms with Gasteiger partial charge < -0.3 is 10.4 Å². The van der Waals surface area contributed by atoms with E-state index in [1.165, 1.54) is 0 Å². The first-order valence-corrected chi connectivity index (χ1v) is 7.36. The topological polar surface area (TPSA) is 66.4 Å². The summed E-state index contributed by atoms with van der Waals surface area (Å²) < 4.78 is 27.6. The molecule has 4 nitrogen and oxygen atoms in total. The fourth-order valence-electron chi connectivity index (χ4n) is 2.50. The Kier molecular flexibility index (Phi) is 4.92. The van der Waals surface area contributed by atoms with E-state index >= 15 is 0 Å². The minimum atomic E-state index is -0.932. The van der Waals surface area contributed by atoms with Crippen LogP contribution in [0.5, 0.6) is 0 Å². The summed E-state index contributed by atoms with van der Waals surface area (Å²) >= 11 is 2.95. The van der Waals surface area contributed by atoms with Crippen molar-refractivity contribution < 1.29 is 23.5 Å². The average Bonchev–Trinajstić information content (AvgIpc) is 2.37. The highest BCUT2D eigenvalue weighted by molar-refractivity contribution is 9.10. The molecule has 1 fully saturated rings. The quantitative estimate of drug-likeness (QED) is 0.869. The van der Waals surface area contributed by atoms with E-state index in [0.29, 0.717) is 25.7 Å². The molecule has 2 N–H and O–H groups in total. The number of aliphatic carboxylic acids is 1. The monoisotopic (exact) mass is 361 g/mol. The Balaban J connectivity index is 2.02. The first-order valence-electron chi connectivity index (χ1n) is 6.56. The molecule has 0 aliphatic heterocycles. The third-order valence-electron chi connectivity index (χ3n) is 3.65. The molecule has 0 saturated heterocycles. The Morgan fingerprint density at radius 3 is 2.14 bits per heavy atom. The number of amides is 1. The molecule has 7 heteroatoms. The lowest BCUT2D eigenvalue weighted by molar-refractivity contribution is -0.142. The van der Waals surface area contributed by atoms with Gasteiger partial charge in [-0.2, -0.15) is 0 Å². The minimum Gasteiger partial charge on any atom is -0.481 e. The zero-order valence-corrected chi connectivity index (χ0v) is 12.6. The fraction of sp³-hybridized carbons (Fsp3) is 0.429. The summed E-state index contributed by atoms with van der Waals surface area (Å²) in [5, 5.41) is 11.5. The lowest BCUT2D eigenvalue weighted by Crippen LogP contribution is -2.39. The maximum absolute atomic E-state index is 13.7. The lowest BCUT2D eigenvalue weighted by atomic mass is 9.86. The maximum Gasteiger partial charge on any atom is 0.306 e. The Hall–Kier alpha value is -1.50. The summed E-state index contributed by atoms with van der Waals surface area (Å²) in [5.74, 6) is -3.92. The van der Waals surface area contributed by atoms with Gasteiger partial charge in [0.2, 0.25) is 0 Å². The number of halogens is 3. The van der Waals surface area contributed by atoms with E-state index in [9.17, 15) is 18.4 Å². The van der Waals surface area contributed by atoms with Crippen LogP contribution in [-0.4, -0.2) is 23.0 Å². The van der Waals surface area contributed by atoms with Crippen molar-refractivity contribution in [3.8, 4) is 0 Å². The van der Waals surface area contributed by atoms with Crippen molar-refractivity contribution in [2.75, 3.05) is 0 Å². The van der Waals surface area contributed by atoms with Crippen molar-refractivity contribution in [3.05, 3.63) is 33.8 Å². The van der Waals surface area contributed by atoms with Crippen LogP contribution in [0.2, 0.25) is 0 Å². The van der Waals surface area contributed by atoms with Gasteiger partial charge >= 0.3 is 5.97 Å². The van der Waals surface area contributed by atoms with Crippen molar-refractivity contribution in [2.24, 2.45) is 5.92 Å². The van der Waals surface area contributed by atoms with Crippen LogP contribution >= 0.6 is 15.9 Å². The molecule has 114 valence electrons. The molecule has 1 aliphatic rings. The summed E-state index contributed by atoms with van der Waals surface area (Å²) in [7, 11) is 0. The number of carbonyl (C=O) groups is 2. The Labute approximate surface area is 128 Å². The minimum absolute atomic E-state index is 0.219. The highest BCUT2D eigenvalue weighted by Gasteiger charge is 2.28. The molecule has 0 unspecified atom stereocenters. The lowest BCUT2D eigenvalue weighted by Gasteiger charge is -2.26. The fourth-order valence-corrected chi connectivity index (χ4v) is 2.90. The smallest absolute Gasteiger partial charge is 0.306 e. The zero-order valence-electron chi connectivity index (χ0n) is 11.0. The summed E-state index contributed by atoms with van der Waals surface area (Å²) in [4.78, 5) is 22.8. The van der Waals surface area contributed by atoms with Gasteiger partial charge in [-0.3, -0.25) is 9.59 Å². The van der Waals surface area contributed by atoms with Gasteiger partial charge in [-0.25, -0.2) is 8.78 Å². The number of nitrogens with one attached hydrogen (secondary N) is 1. The third-order valence-corrected chi connectivity index (χ3v) is 4.10. The van der Waals surface area contributed by atoms with Gasteiger partial charge in [0.15, 0.2) is 0 Å². The molecule has 21 heavy (non-hydrogen) atoms. The highest BCUT2D eigenvalue weighted by Crippen LogP contribution is 2.25. The van der Waals surface area contributed by atoms with Crippen LogP contribution < -0.4 is 5.32 Å². The Morgan fingerprint density at radius 2 is 1.67 bits per heavy atom. The first kappa shape index (κ1) is 15.9. The summed E-state index contributed by atoms with van der Waals surface area (Å²) in [5.41, 5.74) is -0.612. The Bertz CT molecular complexity index is 548. The van der Waals surface area contributed by atoms with Crippen LogP contribution in [0.4, 0.5) is 8.78 Å². The van der Waals surface area contributed by atoms with Gasteiger partial charge in [0, 0.05) is 10.5 Å². The van der Waals surface area contributed by atoms with E-state index < -0.39 is 35.0 Å². The molecular formula is C14H14BrF2NO3. The molecule has 0 radical (unpaired) electrons. The predicted octanol–water partition coefficient (Wildman–Crippen LogP) is 3.10. The van der Waals surface area contributed by atoms with Crippen molar-refractivity contribution >= 4 is 27.8 Å². The zero-order chi connectivity index (χ0) is 15.6. The number of carboxylic acid groups (broad SMARTS) is 1. The molecular weight excluding hydrogens is 348 g/mol. The molecule has 0 atom stereocenters. The molecule has 1 aliphatic carbocycles. The molecule has 1 aromatic rings. The standard InChI is InChI=1S/C14H14BrF2NO3/c15-8-5-10(16)12(11(17)6-8)13(19)18-9-3-1-7(2-4-9)14(20)21/h5-7,9H,1-4H2,(H,18,19)(H,20,21). The molecule has 1 aromatic carbocycles. The van der Waals surface area contributed by atoms with Crippen molar-refractivity contribution in [1.82, 2.24) is 5.32 Å². The van der Waals surface area contributed by atoms with E-state index in [1.54, 1.807) is 0 Å². The van der Waals surface area contributed by atoms with E-state index in [4.69, 9.17) is 5.11 Å². The van der Waals surface area contributed by atoms with Gasteiger partial charge in [0.1, 0.15) is 17.2 Å². The van der Waals surface area contributed by atoms with Gasteiger partial charge in [0.05, 0.1) is 5.92 Å². The number of carboxylic acids is 1. The molecule has 0 bridgehead atoms. The number of hydrogen-bond acceptors (Lipinski definition) is 2. The molecule has 2 rings (SSSR count). The van der Waals surface area contributed by atoms with Gasteiger partial charge in [0.25, 0.3) is 5.91 Å². The normalized spacial score (nSPS) is 21.9. The van der Waals surface area contributed by atoms with Crippen LogP contribution in [0.25, 0.3) is 0 Å². The second-order valence-corrected chi connectivity index (χ2v) is 6.02. The van der Waals surface area contributed by atoms with E-state index in [1.807, 2.05) is 0 Å². The second kappa shape index (κ2) is 6.51. The molecule has 1 amide bonds. The first-order chi connectivity index (χ1) is 9.88. The molecule has 0 spiro atoms.